The van der Waals surface area contributed by atoms with Crippen molar-refractivity contribution in [3.8, 4) is 0 Å². The van der Waals surface area contributed by atoms with Gasteiger partial charge in [0.05, 0.1) is 5.69 Å². The molecular weight excluding hydrogens is 469 g/mol. The molecule has 0 spiro atoms. The molecule has 1 fully saturated rings. The van der Waals surface area contributed by atoms with Crippen LogP contribution in [-0.4, -0.2) is 60.7 Å². The maximum atomic E-state index is 5.88. The first-order valence-corrected chi connectivity index (χ1v) is 9.36. The Morgan fingerprint density at radius 2 is 2.00 bits per heavy atom. The number of aliphatic imine (C=N–C) groups is 1. The molecule has 1 saturated heterocycles. The highest BCUT2D eigenvalue weighted by Gasteiger charge is 2.20. The van der Waals surface area contributed by atoms with Crippen LogP contribution >= 0.6 is 24.0 Å². The van der Waals surface area contributed by atoms with Crippen LogP contribution in [0.5, 0.6) is 0 Å². The van der Waals surface area contributed by atoms with Crippen LogP contribution < -0.4 is 5.32 Å². The fourth-order valence-corrected chi connectivity index (χ4v) is 3.46. The van der Waals surface area contributed by atoms with Crippen LogP contribution in [0.1, 0.15) is 11.5 Å². The van der Waals surface area contributed by atoms with Crippen LogP contribution in [0, 0.1) is 0 Å². The fraction of sp³-hybridized carbons (Fsp3) is 0.400. The molecule has 8 heteroatoms. The topological polar surface area (TPSA) is 70.0 Å². The van der Waals surface area contributed by atoms with Crippen molar-refractivity contribution in [3.05, 3.63) is 54.1 Å². The lowest BCUT2D eigenvalue weighted by molar-refractivity contribution is 0.169. The molecule has 0 atom stereocenters. The van der Waals surface area contributed by atoms with Gasteiger partial charge in [0.2, 0.25) is 0 Å². The van der Waals surface area contributed by atoms with E-state index < -0.39 is 0 Å². The van der Waals surface area contributed by atoms with Crippen LogP contribution in [0.4, 0.5) is 0 Å². The molecule has 2 aromatic heterocycles. The summed E-state index contributed by atoms with van der Waals surface area (Å²) in [5.74, 6) is 1.95. The van der Waals surface area contributed by atoms with Crippen LogP contribution in [0.15, 0.2) is 56.6 Å². The normalized spacial score (nSPS) is 15.6. The molecule has 28 heavy (non-hydrogen) atoms. The summed E-state index contributed by atoms with van der Waals surface area (Å²) in [6, 6.07) is 12.1. The van der Waals surface area contributed by atoms with Crippen molar-refractivity contribution in [3.63, 3.8) is 0 Å². The number of rotatable bonds is 5. The molecule has 4 rings (SSSR count). The Kier molecular flexibility index (Phi) is 7.32. The highest BCUT2D eigenvalue weighted by atomic mass is 127. The molecule has 0 unspecified atom stereocenters. The van der Waals surface area contributed by atoms with Crippen LogP contribution in [-0.2, 0) is 13.0 Å². The van der Waals surface area contributed by atoms with E-state index in [0.717, 1.165) is 74.1 Å². The highest BCUT2D eigenvalue weighted by molar-refractivity contribution is 14.0. The fourth-order valence-electron chi connectivity index (χ4n) is 3.46. The van der Waals surface area contributed by atoms with Crippen molar-refractivity contribution < 1.29 is 8.94 Å². The minimum atomic E-state index is 0. The number of benzene rings is 1. The van der Waals surface area contributed by atoms with Gasteiger partial charge in [-0.05, 0) is 12.1 Å². The molecule has 1 N–H and O–H groups in total. The molecule has 1 aliphatic rings. The molecule has 150 valence electrons. The highest BCUT2D eigenvalue weighted by Crippen LogP contribution is 2.18. The molecule has 0 radical (unpaired) electrons. The number of hydrogen-bond acceptors (Lipinski definition) is 5. The number of piperazine rings is 1. The summed E-state index contributed by atoms with van der Waals surface area (Å²) >= 11 is 0. The number of guanidine groups is 1. The van der Waals surface area contributed by atoms with Crippen LogP contribution in [0.25, 0.3) is 11.0 Å². The Bertz CT molecular complexity index is 852. The van der Waals surface area contributed by atoms with Crippen LogP contribution in [0.2, 0.25) is 0 Å². The van der Waals surface area contributed by atoms with Gasteiger partial charge in [-0.15, -0.1) is 24.0 Å². The van der Waals surface area contributed by atoms with Gasteiger partial charge in [0.15, 0.2) is 5.96 Å². The summed E-state index contributed by atoms with van der Waals surface area (Å²) in [7, 11) is 1.84. The van der Waals surface area contributed by atoms with Crippen molar-refractivity contribution in [2.24, 2.45) is 4.99 Å². The SMILES string of the molecule is CN=C(NCCc1cc2ccccc2o1)N1CCN(Cc2ccon2)CC1.I. The summed E-state index contributed by atoms with van der Waals surface area (Å²) in [6.07, 6.45) is 2.46. The zero-order chi connectivity index (χ0) is 18.5. The smallest absolute Gasteiger partial charge is 0.193 e. The van der Waals surface area contributed by atoms with Crippen molar-refractivity contribution >= 4 is 40.9 Å². The zero-order valence-corrected chi connectivity index (χ0v) is 18.3. The molecular formula is C20H26IN5O2. The summed E-state index contributed by atoms with van der Waals surface area (Å²) in [4.78, 5) is 9.13. The maximum absolute atomic E-state index is 5.88. The Hall–Kier alpha value is -2.07. The second-order valence-corrected chi connectivity index (χ2v) is 6.73. The predicted octanol–water partition coefficient (Wildman–Crippen LogP) is 2.97. The van der Waals surface area contributed by atoms with Gasteiger partial charge in [-0.3, -0.25) is 9.89 Å². The summed E-state index contributed by atoms with van der Waals surface area (Å²) in [6.45, 7) is 5.49. The molecule has 0 aliphatic carbocycles. The Morgan fingerprint density at radius 1 is 1.18 bits per heavy atom. The number of aromatic nitrogens is 1. The number of hydrogen-bond donors (Lipinski definition) is 1. The van der Waals surface area contributed by atoms with Gasteiger partial charge in [0, 0.05) is 64.2 Å². The number of fused-ring (bicyclic) bond motifs is 1. The molecule has 0 saturated carbocycles. The van der Waals surface area contributed by atoms with E-state index in [-0.39, 0.29) is 24.0 Å². The molecule has 0 amide bonds. The van der Waals surface area contributed by atoms with E-state index in [4.69, 9.17) is 8.94 Å². The van der Waals surface area contributed by atoms with Crippen LogP contribution in [0.3, 0.4) is 0 Å². The van der Waals surface area contributed by atoms with Gasteiger partial charge < -0.3 is 19.2 Å². The van der Waals surface area contributed by atoms with E-state index in [1.807, 2.05) is 31.3 Å². The monoisotopic (exact) mass is 495 g/mol. The third-order valence-electron chi connectivity index (χ3n) is 4.89. The summed E-state index contributed by atoms with van der Waals surface area (Å²) in [5.41, 5.74) is 1.93. The third-order valence-corrected chi connectivity index (χ3v) is 4.89. The quantitative estimate of drug-likeness (QED) is 0.334. The van der Waals surface area contributed by atoms with Gasteiger partial charge in [0.1, 0.15) is 17.6 Å². The zero-order valence-electron chi connectivity index (χ0n) is 16.0. The van der Waals surface area contributed by atoms with Crippen molar-refractivity contribution in [2.45, 2.75) is 13.0 Å². The number of para-hydroxylation sites is 1. The summed E-state index contributed by atoms with van der Waals surface area (Å²) in [5, 5.41) is 8.61. The molecule has 0 bridgehead atoms. The summed E-state index contributed by atoms with van der Waals surface area (Å²) < 4.78 is 10.8. The van der Waals surface area contributed by atoms with E-state index in [9.17, 15) is 0 Å². The molecule has 1 aliphatic heterocycles. The van der Waals surface area contributed by atoms with Crippen molar-refractivity contribution in [2.75, 3.05) is 39.8 Å². The average molecular weight is 495 g/mol. The molecule has 3 aromatic rings. The lowest BCUT2D eigenvalue weighted by Crippen LogP contribution is -2.52. The maximum Gasteiger partial charge on any atom is 0.193 e. The van der Waals surface area contributed by atoms with Gasteiger partial charge in [-0.25, -0.2) is 0 Å². The molecule has 1 aromatic carbocycles. The van der Waals surface area contributed by atoms with Crippen molar-refractivity contribution in [1.29, 1.82) is 0 Å². The predicted molar refractivity (Wildman–Crippen MR) is 120 cm³/mol. The first kappa shape index (κ1) is 20.7. The minimum absolute atomic E-state index is 0. The largest absolute Gasteiger partial charge is 0.461 e. The lowest BCUT2D eigenvalue weighted by atomic mass is 10.2. The van der Waals surface area contributed by atoms with E-state index in [1.54, 1.807) is 6.26 Å². The minimum Gasteiger partial charge on any atom is -0.461 e. The van der Waals surface area contributed by atoms with Gasteiger partial charge in [0.25, 0.3) is 0 Å². The van der Waals surface area contributed by atoms with Gasteiger partial charge >= 0.3 is 0 Å². The first-order chi connectivity index (χ1) is 13.3. The number of nitrogens with zero attached hydrogens (tertiary/aromatic N) is 4. The standard InChI is InChI=1S/C20H25N5O2.HI/c1-21-20(22-8-6-18-14-16-4-2-3-5-19(16)27-18)25-11-9-24(10-12-25)15-17-7-13-26-23-17;/h2-5,7,13-14H,6,8-12,15H2,1H3,(H,21,22);1H. The average Bonchev–Trinajstić information content (AvgIpc) is 3.35. The second-order valence-electron chi connectivity index (χ2n) is 6.73. The first-order valence-electron chi connectivity index (χ1n) is 9.36. The number of halogens is 1. The van der Waals surface area contributed by atoms with Gasteiger partial charge in [-0.1, -0.05) is 23.4 Å². The van der Waals surface area contributed by atoms with E-state index in [2.05, 4.69) is 37.4 Å². The van der Waals surface area contributed by atoms with E-state index in [0.29, 0.717) is 0 Å². The number of furan rings is 1. The lowest BCUT2D eigenvalue weighted by Gasteiger charge is -2.36. The second kappa shape index (κ2) is 9.92. The van der Waals surface area contributed by atoms with Crippen molar-refractivity contribution in [1.82, 2.24) is 20.3 Å². The Labute approximate surface area is 181 Å². The third kappa shape index (κ3) is 5.05. The Morgan fingerprint density at radius 3 is 2.71 bits per heavy atom. The Balaban J connectivity index is 0.00000225. The number of nitrogens with one attached hydrogen (secondary N) is 1. The molecule has 3 heterocycles. The molecule has 7 nitrogen and oxygen atoms in total. The van der Waals surface area contributed by atoms with E-state index >= 15 is 0 Å². The van der Waals surface area contributed by atoms with Gasteiger partial charge in [-0.2, -0.15) is 0 Å². The van der Waals surface area contributed by atoms with E-state index in [1.165, 1.54) is 0 Å².